The molecule has 0 fully saturated rings. The SMILES string of the molecule is CCCCCCCCC1C=CC(=O)C1=Cc1ccccc1. The summed E-state index contributed by atoms with van der Waals surface area (Å²) in [5.41, 5.74) is 2.09. The summed E-state index contributed by atoms with van der Waals surface area (Å²) in [4.78, 5) is 12.0. The van der Waals surface area contributed by atoms with Gasteiger partial charge in [0.25, 0.3) is 0 Å². The van der Waals surface area contributed by atoms with Gasteiger partial charge in [0.2, 0.25) is 0 Å². The van der Waals surface area contributed by atoms with Crippen molar-refractivity contribution in [1.82, 2.24) is 0 Å². The standard InChI is InChI=1S/C20H26O/c1-2-3-4-5-6-10-13-18-14-15-20(21)19(18)16-17-11-8-7-9-12-17/h7-9,11-12,14-16,18H,2-6,10,13H2,1H3. The summed E-state index contributed by atoms with van der Waals surface area (Å²) in [5, 5.41) is 0. The number of ketones is 1. The van der Waals surface area contributed by atoms with Crippen molar-refractivity contribution in [3.8, 4) is 0 Å². The molecule has 0 aromatic heterocycles. The first-order valence-electron chi connectivity index (χ1n) is 8.30. The fraction of sp³-hybridized carbons (Fsp3) is 0.450. The summed E-state index contributed by atoms with van der Waals surface area (Å²) < 4.78 is 0. The number of rotatable bonds is 8. The highest BCUT2D eigenvalue weighted by molar-refractivity contribution is 6.10. The van der Waals surface area contributed by atoms with Gasteiger partial charge in [-0.1, -0.05) is 81.9 Å². The van der Waals surface area contributed by atoms with E-state index in [1.807, 2.05) is 18.2 Å². The van der Waals surface area contributed by atoms with E-state index >= 15 is 0 Å². The highest BCUT2D eigenvalue weighted by Crippen LogP contribution is 2.28. The van der Waals surface area contributed by atoms with Gasteiger partial charge in [-0.2, -0.15) is 0 Å². The quantitative estimate of drug-likeness (QED) is 0.449. The van der Waals surface area contributed by atoms with Crippen LogP contribution in [0.2, 0.25) is 0 Å². The molecule has 0 radical (unpaired) electrons. The average molecular weight is 282 g/mol. The minimum atomic E-state index is 0.190. The molecule has 0 spiro atoms. The molecule has 0 saturated heterocycles. The first kappa shape index (κ1) is 15.8. The van der Waals surface area contributed by atoms with Crippen molar-refractivity contribution in [3.63, 3.8) is 0 Å². The number of carbonyl (C=O) groups excluding carboxylic acids is 1. The Hall–Kier alpha value is -1.63. The second kappa shape index (κ2) is 8.61. The van der Waals surface area contributed by atoms with Crippen LogP contribution in [0.15, 0.2) is 48.1 Å². The zero-order valence-electron chi connectivity index (χ0n) is 13.1. The van der Waals surface area contributed by atoms with Gasteiger partial charge < -0.3 is 0 Å². The lowest BCUT2D eigenvalue weighted by Crippen LogP contribution is -2.03. The summed E-state index contributed by atoms with van der Waals surface area (Å²) in [6.45, 7) is 2.25. The van der Waals surface area contributed by atoms with Gasteiger partial charge in [-0.05, 0) is 24.1 Å². The topological polar surface area (TPSA) is 17.1 Å². The number of hydrogen-bond acceptors (Lipinski definition) is 1. The Bertz CT molecular complexity index is 496. The normalized spacial score (nSPS) is 19.6. The molecule has 1 aliphatic rings. The molecule has 0 N–H and O–H groups in total. The predicted molar refractivity (Wildman–Crippen MR) is 90.0 cm³/mol. The largest absolute Gasteiger partial charge is 0.290 e. The van der Waals surface area contributed by atoms with Crippen LogP contribution in [0.1, 0.15) is 57.4 Å². The van der Waals surface area contributed by atoms with Gasteiger partial charge >= 0.3 is 0 Å². The molecular weight excluding hydrogens is 256 g/mol. The van der Waals surface area contributed by atoms with Gasteiger partial charge in [-0.25, -0.2) is 0 Å². The zero-order chi connectivity index (χ0) is 14.9. The number of carbonyl (C=O) groups is 1. The molecule has 0 heterocycles. The Morgan fingerprint density at radius 1 is 1.00 bits per heavy atom. The van der Waals surface area contributed by atoms with Crippen molar-refractivity contribution >= 4 is 11.9 Å². The van der Waals surface area contributed by atoms with Crippen LogP contribution in [-0.2, 0) is 4.79 Å². The molecule has 1 aliphatic carbocycles. The van der Waals surface area contributed by atoms with E-state index in [0.717, 1.165) is 17.6 Å². The molecular formula is C20H26O. The van der Waals surface area contributed by atoms with E-state index in [1.54, 1.807) is 6.08 Å². The Balaban J connectivity index is 1.85. The third-order valence-electron chi connectivity index (χ3n) is 4.15. The minimum Gasteiger partial charge on any atom is -0.290 e. The second-order valence-corrected chi connectivity index (χ2v) is 5.90. The molecule has 1 aromatic rings. The van der Waals surface area contributed by atoms with E-state index in [1.165, 1.54) is 38.5 Å². The first-order chi connectivity index (χ1) is 10.3. The van der Waals surface area contributed by atoms with Crippen molar-refractivity contribution in [2.24, 2.45) is 5.92 Å². The smallest absolute Gasteiger partial charge is 0.182 e. The van der Waals surface area contributed by atoms with E-state index in [9.17, 15) is 4.79 Å². The van der Waals surface area contributed by atoms with Crippen molar-refractivity contribution in [3.05, 3.63) is 53.6 Å². The second-order valence-electron chi connectivity index (χ2n) is 5.90. The summed E-state index contributed by atoms with van der Waals surface area (Å²) in [7, 11) is 0. The van der Waals surface area contributed by atoms with Crippen LogP contribution in [0.4, 0.5) is 0 Å². The van der Waals surface area contributed by atoms with Crippen LogP contribution >= 0.6 is 0 Å². The third kappa shape index (κ3) is 5.00. The maximum absolute atomic E-state index is 12.0. The maximum atomic E-state index is 12.0. The highest BCUT2D eigenvalue weighted by Gasteiger charge is 2.22. The van der Waals surface area contributed by atoms with Crippen molar-refractivity contribution in [2.75, 3.05) is 0 Å². The van der Waals surface area contributed by atoms with E-state index < -0.39 is 0 Å². The summed E-state index contributed by atoms with van der Waals surface area (Å²) >= 11 is 0. The molecule has 21 heavy (non-hydrogen) atoms. The van der Waals surface area contributed by atoms with Gasteiger partial charge in [-0.15, -0.1) is 0 Å². The molecule has 112 valence electrons. The minimum absolute atomic E-state index is 0.190. The molecule has 2 rings (SSSR count). The third-order valence-corrected chi connectivity index (χ3v) is 4.15. The van der Waals surface area contributed by atoms with Crippen LogP contribution < -0.4 is 0 Å². The van der Waals surface area contributed by atoms with Crippen LogP contribution in [0.3, 0.4) is 0 Å². The average Bonchev–Trinajstić information content (AvgIpc) is 2.85. The molecule has 1 nitrogen and oxygen atoms in total. The Morgan fingerprint density at radius 2 is 1.71 bits per heavy atom. The monoisotopic (exact) mass is 282 g/mol. The molecule has 0 saturated carbocycles. The lowest BCUT2D eigenvalue weighted by Gasteiger charge is -2.10. The van der Waals surface area contributed by atoms with Gasteiger partial charge in [-0.3, -0.25) is 4.79 Å². The molecule has 0 aliphatic heterocycles. The summed E-state index contributed by atoms with van der Waals surface area (Å²) in [6.07, 6.45) is 14.8. The van der Waals surface area contributed by atoms with E-state index in [4.69, 9.17) is 0 Å². The first-order valence-corrected chi connectivity index (χ1v) is 8.30. The van der Waals surface area contributed by atoms with E-state index in [0.29, 0.717) is 5.92 Å². The van der Waals surface area contributed by atoms with Gasteiger partial charge in [0.1, 0.15) is 0 Å². The van der Waals surface area contributed by atoms with Gasteiger partial charge in [0.15, 0.2) is 5.78 Å². The van der Waals surface area contributed by atoms with E-state index in [2.05, 4.69) is 31.2 Å². The Morgan fingerprint density at radius 3 is 2.48 bits per heavy atom. The van der Waals surface area contributed by atoms with Crippen molar-refractivity contribution < 1.29 is 4.79 Å². The lowest BCUT2D eigenvalue weighted by atomic mass is 9.93. The molecule has 1 heteroatoms. The molecule has 1 unspecified atom stereocenters. The van der Waals surface area contributed by atoms with Gasteiger partial charge in [0, 0.05) is 11.5 Å². The fourth-order valence-electron chi connectivity index (χ4n) is 2.89. The van der Waals surface area contributed by atoms with Gasteiger partial charge in [0.05, 0.1) is 0 Å². The van der Waals surface area contributed by atoms with Crippen molar-refractivity contribution in [2.45, 2.75) is 51.9 Å². The van der Waals surface area contributed by atoms with E-state index in [-0.39, 0.29) is 5.78 Å². The van der Waals surface area contributed by atoms with Crippen LogP contribution in [0, 0.1) is 5.92 Å². The zero-order valence-corrected chi connectivity index (χ0v) is 13.1. The number of unbranched alkanes of at least 4 members (excludes halogenated alkanes) is 5. The number of allylic oxidation sites excluding steroid dienone is 3. The van der Waals surface area contributed by atoms with Crippen LogP contribution in [0.5, 0.6) is 0 Å². The summed E-state index contributed by atoms with van der Waals surface area (Å²) in [6, 6.07) is 10.1. The number of hydrogen-bond donors (Lipinski definition) is 0. The van der Waals surface area contributed by atoms with Crippen molar-refractivity contribution in [1.29, 1.82) is 0 Å². The Labute approximate surface area is 128 Å². The van der Waals surface area contributed by atoms with Crippen LogP contribution in [-0.4, -0.2) is 5.78 Å². The van der Waals surface area contributed by atoms with Crippen LogP contribution in [0.25, 0.3) is 6.08 Å². The fourth-order valence-corrected chi connectivity index (χ4v) is 2.89. The number of benzene rings is 1. The molecule has 0 amide bonds. The molecule has 1 aromatic carbocycles. The summed E-state index contributed by atoms with van der Waals surface area (Å²) in [5.74, 6) is 0.513. The molecule has 0 bridgehead atoms. The maximum Gasteiger partial charge on any atom is 0.182 e. The highest BCUT2D eigenvalue weighted by atomic mass is 16.1. The molecule has 1 atom stereocenters. The predicted octanol–water partition coefficient (Wildman–Crippen LogP) is 5.58. The Kier molecular flexibility index (Phi) is 6.46. The lowest BCUT2D eigenvalue weighted by molar-refractivity contribution is -0.111.